The van der Waals surface area contributed by atoms with Crippen molar-refractivity contribution in [2.75, 3.05) is 26.7 Å². The van der Waals surface area contributed by atoms with Crippen LogP contribution in [-0.2, 0) is 0 Å². The molecule has 10 heavy (non-hydrogen) atoms. The molecule has 0 radical (unpaired) electrons. The van der Waals surface area contributed by atoms with Crippen LogP contribution in [0.1, 0.15) is 6.92 Å². The highest BCUT2D eigenvalue weighted by Gasteiger charge is 2.11. The summed E-state index contributed by atoms with van der Waals surface area (Å²) in [5, 5.41) is 12.2. The molecule has 0 saturated carbocycles. The minimum Gasteiger partial charge on any atom is -0.437 e. The summed E-state index contributed by atoms with van der Waals surface area (Å²) in [7, 11) is 1.59. The summed E-state index contributed by atoms with van der Waals surface area (Å²) in [5.41, 5.74) is 0. The molecule has 2 N–H and O–H groups in total. The van der Waals surface area contributed by atoms with Gasteiger partial charge in [-0.2, -0.15) is 0 Å². The van der Waals surface area contributed by atoms with Gasteiger partial charge >= 0.3 is 7.05 Å². The van der Waals surface area contributed by atoms with Crippen LogP contribution < -0.4 is 5.32 Å². The lowest BCUT2D eigenvalue weighted by molar-refractivity contribution is 0.379. The van der Waals surface area contributed by atoms with Crippen molar-refractivity contribution in [1.82, 2.24) is 10.1 Å². The van der Waals surface area contributed by atoms with Crippen molar-refractivity contribution in [2.24, 2.45) is 0 Å². The quantitative estimate of drug-likeness (QED) is 0.517. The smallest absolute Gasteiger partial charge is 0.376 e. The van der Waals surface area contributed by atoms with Crippen LogP contribution in [0.25, 0.3) is 0 Å². The van der Waals surface area contributed by atoms with E-state index in [9.17, 15) is 0 Å². The highest BCUT2D eigenvalue weighted by atomic mass is 16.2. The normalized spacial score (nSPS) is 10.5. The lowest BCUT2D eigenvalue weighted by Crippen LogP contribution is -2.40. The maximum absolute atomic E-state index is 9.14. The Morgan fingerprint density at radius 3 is 2.50 bits per heavy atom. The molecule has 0 aromatic carbocycles. The van der Waals surface area contributed by atoms with Crippen molar-refractivity contribution in [3.63, 3.8) is 0 Å². The first-order chi connectivity index (χ1) is 4.72. The second-order valence-electron chi connectivity index (χ2n) is 2.36. The fourth-order valence-corrected chi connectivity index (χ4v) is 0.865. The lowest BCUT2D eigenvalue weighted by atomic mass is 9.85. The van der Waals surface area contributed by atoms with E-state index in [1.54, 1.807) is 6.82 Å². The topological polar surface area (TPSA) is 35.5 Å². The summed E-state index contributed by atoms with van der Waals surface area (Å²) in [6, 6.07) is 0. The average molecular weight is 144 g/mol. The molecule has 0 fully saturated rings. The van der Waals surface area contributed by atoms with Crippen molar-refractivity contribution in [1.29, 1.82) is 0 Å². The SMILES string of the molecule is CCN(CCNC)B(C)O. The van der Waals surface area contributed by atoms with Gasteiger partial charge in [-0.25, -0.2) is 0 Å². The fraction of sp³-hybridized carbons (Fsp3) is 1.00. The van der Waals surface area contributed by atoms with Crippen molar-refractivity contribution in [2.45, 2.75) is 13.7 Å². The Hall–Kier alpha value is -0.0551. The number of hydrogen-bond acceptors (Lipinski definition) is 3. The molecule has 0 aliphatic rings. The van der Waals surface area contributed by atoms with Gasteiger partial charge in [0.25, 0.3) is 0 Å². The molecule has 0 spiro atoms. The Kier molecular flexibility index (Phi) is 5.68. The standard InChI is InChI=1S/C6H17BN2O/c1-4-9(7(2)10)6-5-8-3/h8,10H,4-6H2,1-3H3. The van der Waals surface area contributed by atoms with Crippen molar-refractivity contribution >= 4 is 7.05 Å². The summed E-state index contributed by atoms with van der Waals surface area (Å²) in [6.07, 6.45) is 0. The van der Waals surface area contributed by atoms with Gasteiger partial charge in [-0.3, -0.25) is 0 Å². The van der Waals surface area contributed by atoms with Gasteiger partial charge in [0.15, 0.2) is 0 Å². The highest BCUT2D eigenvalue weighted by Crippen LogP contribution is 1.88. The molecule has 0 unspecified atom stereocenters. The number of likely N-dealkylation sites (N-methyl/N-ethyl adjacent to an activating group) is 2. The van der Waals surface area contributed by atoms with Gasteiger partial charge in [-0.1, -0.05) is 6.92 Å². The lowest BCUT2D eigenvalue weighted by Gasteiger charge is -2.20. The van der Waals surface area contributed by atoms with E-state index < -0.39 is 0 Å². The zero-order valence-electron chi connectivity index (χ0n) is 7.09. The van der Waals surface area contributed by atoms with Gasteiger partial charge in [0.05, 0.1) is 0 Å². The van der Waals surface area contributed by atoms with Gasteiger partial charge in [0.2, 0.25) is 0 Å². The van der Waals surface area contributed by atoms with Crippen LogP contribution in [0.15, 0.2) is 0 Å². The Morgan fingerprint density at radius 1 is 1.60 bits per heavy atom. The molecule has 0 aliphatic carbocycles. The van der Waals surface area contributed by atoms with Crippen LogP contribution in [0.4, 0.5) is 0 Å². The van der Waals surface area contributed by atoms with E-state index >= 15 is 0 Å². The molecule has 3 nitrogen and oxygen atoms in total. The van der Waals surface area contributed by atoms with E-state index in [0.29, 0.717) is 0 Å². The van der Waals surface area contributed by atoms with Crippen LogP contribution in [0, 0.1) is 0 Å². The van der Waals surface area contributed by atoms with Gasteiger partial charge in [0.1, 0.15) is 0 Å². The van der Waals surface area contributed by atoms with Crippen LogP contribution in [0.2, 0.25) is 6.82 Å². The molecular formula is C6H17BN2O. The second-order valence-corrected chi connectivity index (χ2v) is 2.36. The van der Waals surface area contributed by atoms with Crippen molar-refractivity contribution < 1.29 is 5.02 Å². The highest BCUT2D eigenvalue weighted by molar-refractivity contribution is 6.45. The van der Waals surface area contributed by atoms with E-state index in [1.807, 2.05) is 18.8 Å². The zero-order valence-corrected chi connectivity index (χ0v) is 7.09. The molecule has 0 bridgehead atoms. The number of rotatable bonds is 5. The van der Waals surface area contributed by atoms with Crippen LogP contribution in [-0.4, -0.2) is 43.6 Å². The minimum absolute atomic E-state index is 0.321. The first-order valence-corrected chi connectivity index (χ1v) is 3.79. The molecule has 0 aliphatic heterocycles. The fourth-order valence-electron chi connectivity index (χ4n) is 0.865. The van der Waals surface area contributed by atoms with Gasteiger partial charge in [-0.15, -0.1) is 0 Å². The third-order valence-corrected chi connectivity index (χ3v) is 1.58. The monoisotopic (exact) mass is 144 g/mol. The molecule has 0 amide bonds. The molecule has 0 rings (SSSR count). The summed E-state index contributed by atoms with van der Waals surface area (Å²) < 4.78 is 0. The molecule has 0 saturated heterocycles. The van der Waals surface area contributed by atoms with E-state index in [4.69, 9.17) is 5.02 Å². The zero-order chi connectivity index (χ0) is 7.98. The number of hydrogen-bond donors (Lipinski definition) is 2. The summed E-state index contributed by atoms with van der Waals surface area (Å²) in [5.74, 6) is 0. The van der Waals surface area contributed by atoms with Crippen LogP contribution in [0.3, 0.4) is 0 Å². The molecule has 4 heteroatoms. The largest absolute Gasteiger partial charge is 0.437 e. The predicted molar refractivity (Wildman–Crippen MR) is 45.0 cm³/mol. The number of nitrogens with zero attached hydrogens (tertiary/aromatic N) is 1. The molecule has 0 atom stereocenters. The molecular weight excluding hydrogens is 127 g/mol. The third kappa shape index (κ3) is 3.87. The average Bonchev–Trinajstić information content (AvgIpc) is 1.89. The Bertz CT molecular complexity index is 80.1. The summed E-state index contributed by atoms with van der Waals surface area (Å²) in [4.78, 5) is 2.00. The van der Waals surface area contributed by atoms with E-state index in [1.165, 1.54) is 0 Å². The molecule has 0 aromatic heterocycles. The Morgan fingerprint density at radius 2 is 2.20 bits per heavy atom. The third-order valence-electron chi connectivity index (χ3n) is 1.58. The first kappa shape index (κ1) is 9.94. The van der Waals surface area contributed by atoms with Gasteiger partial charge in [-0.05, 0) is 20.4 Å². The summed E-state index contributed by atoms with van der Waals surface area (Å²) >= 11 is 0. The maximum atomic E-state index is 9.14. The minimum atomic E-state index is -0.321. The van der Waals surface area contributed by atoms with Crippen molar-refractivity contribution in [3.05, 3.63) is 0 Å². The van der Waals surface area contributed by atoms with Crippen molar-refractivity contribution in [3.8, 4) is 0 Å². The Balaban J connectivity index is 3.40. The molecule has 60 valence electrons. The number of nitrogens with one attached hydrogen (secondary N) is 1. The van der Waals surface area contributed by atoms with Gasteiger partial charge in [0, 0.05) is 13.1 Å². The summed E-state index contributed by atoms with van der Waals surface area (Å²) in [6.45, 7) is 6.57. The second kappa shape index (κ2) is 5.71. The van der Waals surface area contributed by atoms with Gasteiger partial charge < -0.3 is 15.2 Å². The van der Waals surface area contributed by atoms with E-state index in [-0.39, 0.29) is 7.05 Å². The molecule has 0 aromatic rings. The van der Waals surface area contributed by atoms with Crippen LogP contribution in [0.5, 0.6) is 0 Å². The van der Waals surface area contributed by atoms with E-state index in [0.717, 1.165) is 19.6 Å². The van der Waals surface area contributed by atoms with Crippen LogP contribution >= 0.6 is 0 Å². The molecule has 0 heterocycles. The first-order valence-electron chi connectivity index (χ1n) is 3.79. The predicted octanol–water partition coefficient (Wildman–Crippen LogP) is -0.362. The van der Waals surface area contributed by atoms with E-state index in [2.05, 4.69) is 5.32 Å². The Labute approximate surface area is 63.5 Å². The maximum Gasteiger partial charge on any atom is 0.376 e.